The van der Waals surface area contributed by atoms with Crippen LogP contribution in [0.15, 0.2) is 146 Å². The zero-order valence-electron chi connectivity index (χ0n) is 23.9. The first-order valence-corrected chi connectivity index (χ1v) is 15.0. The fourth-order valence-electron chi connectivity index (χ4n) is 6.65. The number of allylic oxidation sites excluding steroid dienone is 4. The first kappa shape index (κ1) is 24.8. The van der Waals surface area contributed by atoms with Gasteiger partial charge in [0.05, 0.1) is 22.1 Å². The first-order valence-electron chi connectivity index (χ1n) is 15.0. The maximum absolute atomic E-state index is 5.18. The summed E-state index contributed by atoms with van der Waals surface area (Å²) in [5, 5.41) is 4.73. The van der Waals surface area contributed by atoms with Crippen LogP contribution in [0, 0.1) is 0 Å². The van der Waals surface area contributed by atoms with Crippen molar-refractivity contribution in [2.75, 3.05) is 0 Å². The van der Waals surface area contributed by atoms with Gasteiger partial charge in [0.1, 0.15) is 5.82 Å². The summed E-state index contributed by atoms with van der Waals surface area (Å²) in [6, 6.07) is 42.7. The van der Waals surface area contributed by atoms with Crippen LogP contribution in [-0.2, 0) is 0 Å². The SMILES string of the molecule is C1=CCC(c2nc(-c3ccc4c(c3)c3ccccc3n4-c3ccccc3)nc(-n3c4ccccc4c4ccccc43)n2)C=C1. The lowest BCUT2D eigenvalue weighted by Crippen LogP contribution is -2.11. The summed E-state index contributed by atoms with van der Waals surface area (Å²) in [5.74, 6) is 2.17. The zero-order valence-corrected chi connectivity index (χ0v) is 23.9. The lowest BCUT2D eigenvalue weighted by atomic mass is 10.00. The summed E-state index contributed by atoms with van der Waals surface area (Å²) in [7, 11) is 0. The van der Waals surface area contributed by atoms with Crippen molar-refractivity contribution in [1.29, 1.82) is 0 Å². The molecule has 8 aromatic rings. The second-order valence-corrected chi connectivity index (χ2v) is 11.3. The molecule has 0 radical (unpaired) electrons. The van der Waals surface area contributed by atoms with Gasteiger partial charge in [0.2, 0.25) is 5.95 Å². The Kier molecular flexibility index (Phi) is 5.56. The van der Waals surface area contributed by atoms with E-state index >= 15 is 0 Å². The van der Waals surface area contributed by atoms with Gasteiger partial charge in [-0.2, -0.15) is 9.97 Å². The molecule has 5 nitrogen and oxygen atoms in total. The number of hydrogen-bond acceptors (Lipinski definition) is 3. The van der Waals surface area contributed by atoms with Crippen molar-refractivity contribution in [2.24, 2.45) is 0 Å². The number of aromatic nitrogens is 5. The van der Waals surface area contributed by atoms with Crippen LogP contribution in [0.2, 0.25) is 0 Å². The summed E-state index contributed by atoms with van der Waals surface area (Å²) < 4.78 is 4.51. The Morgan fingerprint density at radius 1 is 0.523 bits per heavy atom. The molecule has 1 aliphatic carbocycles. The van der Waals surface area contributed by atoms with Gasteiger partial charge in [-0.1, -0.05) is 97.1 Å². The van der Waals surface area contributed by atoms with Crippen molar-refractivity contribution in [3.8, 4) is 23.0 Å². The summed E-state index contributed by atoms with van der Waals surface area (Å²) in [4.78, 5) is 15.4. The molecular formula is C39H27N5. The number of fused-ring (bicyclic) bond motifs is 6. The van der Waals surface area contributed by atoms with Crippen LogP contribution in [0.1, 0.15) is 18.2 Å². The standard InChI is InChI=1S/C39H27N5/c1-3-13-26(14-4-1)37-40-38(42-39(41-37)44-34-21-11-7-17-29(34)30-18-8-12-22-35(30)44)27-23-24-36-32(25-27)31-19-9-10-20-33(31)43(36)28-15-5-2-6-16-28/h1-13,15-26H,14H2. The summed E-state index contributed by atoms with van der Waals surface area (Å²) >= 11 is 0. The number of nitrogens with zero attached hydrogens (tertiary/aromatic N) is 5. The predicted octanol–water partition coefficient (Wildman–Crippen LogP) is 9.33. The highest BCUT2D eigenvalue weighted by Crippen LogP contribution is 2.36. The molecule has 0 spiro atoms. The van der Waals surface area contributed by atoms with E-state index in [2.05, 4.69) is 155 Å². The minimum atomic E-state index is 0.0808. The highest BCUT2D eigenvalue weighted by atomic mass is 15.2. The smallest absolute Gasteiger partial charge is 0.238 e. The molecule has 5 heteroatoms. The van der Waals surface area contributed by atoms with E-state index in [1.807, 2.05) is 0 Å². The monoisotopic (exact) mass is 565 g/mol. The number of para-hydroxylation sites is 4. The van der Waals surface area contributed by atoms with Gasteiger partial charge in [-0.25, -0.2) is 4.98 Å². The Bertz CT molecular complexity index is 2370. The van der Waals surface area contributed by atoms with E-state index in [0.29, 0.717) is 11.8 Å². The van der Waals surface area contributed by atoms with E-state index in [-0.39, 0.29) is 5.92 Å². The van der Waals surface area contributed by atoms with Gasteiger partial charge in [0.25, 0.3) is 0 Å². The van der Waals surface area contributed by atoms with E-state index in [1.165, 1.54) is 27.1 Å². The largest absolute Gasteiger partial charge is 0.309 e. The van der Waals surface area contributed by atoms with Crippen molar-refractivity contribution in [1.82, 2.24) is 24.1 Å². The molecule has 5 aromatic carbocycles. The van der Waals surface area contributed by atoms with Crippen molar-refractivity contribution in [2.45, 2.75) is 12.3 Å². The van der Waals surface area contributed by atoms with Gasteiger partial charge in [-0.3, -0.25) is 4.57 Å². The molecule has 208 valence electrons. The molecule has 3 aromatic heterocycles. The van der Waals surface area contributed by atoms with Crippen molar-refractivity contribution in [3.63, 3.8) is 0 Å². The Labute approximate surface area is 254 Å². The van der Waals surface area contributed by atoms with Crippen LogP contribution in [0.3, 0.4) is 0 Å². The fourth-order valence-corrected chi connectivity index (χ4v) is 6.65. The van der Waals surface area contributed by atoms with Crippen molar-refractivity contribution in [3.05, 3.63) is 151 Å². The summed E-state index contributed by atoms with van der Waals surface area (Å²) in [5.41, 5.74) is 6.59. The lowest BCUT2D eigenvalue weighted by molar-refractivity contribution is 0.750. The molecule has 0 N–H and O–H groups in total. The second-order valence-electron chi connectivity index (χ2n) is 11.3. The minimum Gasteiger partial charge on any atom is -0.309 e. The number of benzene rings is 5. The van der Waals surface area contributed by atoms with Crippen LogP contribution in [0.5, 0.6) is 0 Å². The third kappa shape index (κ3) is 3.83. The Hall–Kier alpha value is -5.81. The average Bonchev–Trinajstić information content (AvgIpc) is 3.61. The van der Waals surface area contributed by atoms with Crippen molar-refractivity contribution < 1.29 is 0 Å². The van der Waals surface area contributed by atoms with Crippen LogP contribution >= 0.6 is 0 Å². The molecule has 1 aliphatic rings. The maximum atomic E-state index is 5.18. The van der Waals surface area contributed by atoms with E-state index in [9.17, 15) is 0 Å². The van der Waals surface area contributed by atoms with Crippen LogP contribution in [0.25, 0.3) is 66.6 Å². The molecule has 0 aliphatic heterocycles. The molecular weight excluding hydrogens is 538 g/mol. The van der Waals surface area contributed by atoms with Crippen LogP contribution in [-0.4, -0.2) is 24.1 Å². The van der Waals surface area contributed by atoms with Gasteiger partial charge < -0.3 is 4.57 Å². The molecule has 1 atom stereocenters. The normalized spacial score (nSPS) is 14.8. The average molecular weight is 566 g/mol. The summed E-state index contributed by atoms with van der Waals surface area (Å²) in [6.07, 6.45) is 9.39. The Morgan fingerprint density at radius 3 is 1.82 bits per heavy atom. The highest BCUT2D eigenvalue weighted by Gasteiger charge is 2.21. The van der Waals surface area contributed by atoms with Gasteiger partial charge >= 0.3 is 0 Å². The van der Waals surface area contributed by atoms with E-state index < -0.39 is 0 Å². The molecule has 0 bridgehead atoms. The molecule has 3 heterocycles. The molecule has 44 heavy (non-hydrogen) atoms. The third-order valence-corrected chi connectivity index (χ3v) is 8.68. The first-order chi connectivity index (χ1) is 21.8. The number of hydrogen-bond donors (Lipinski definition) is 0. The zero-order chi connectivity index (χ0) is 29.0. The fraction of sp³-hybridized carbons (Fsp3) is 0.0513. The van der Waals surface area contributed by atoms with E-state index in [4.69, 9.17) is 15.0 Å². The molecule has 9 rings (SSSR count). The lowest BCUT2D eigenvalue weighted by Gasteiger charge is -2.15. The van der Waals surface area contributed by atoms with Crippen LogP contribution < -0.4 is 0 Å². The van der Waals surface area contributed by atoms with Crippen molar-refractivity contribution >= 4 is 43.6 Å². The topological polar surface area (TPSA) is 48.5 Å². The third-order valence-electron chi connectivity index (χ3n) is 8.68. The molecule has 0 fully saturated rings. The highest BCUT2D eigenvalue weighted by molar-refractivity contribution is 6.11. The van der Waals surface area contributed by atoms with Crippen LogP contribution in [0.4, 0.5) is 0 Å². The van der Waals surface area contributed by atoms with Gasteiger partial charge in [-0.15, -0.1) is 0 Å². The Balaban J connectivity index is 1.30. The molecule has 1 unspecified atom stereocenters. The van der Waals surface area contributed by atoms with Gasteiger partial charge in [0, 0.05) is 38.7 Å². The minimum absolute atomic E-state index is 0.0808. The molecule has 0 amide bonds. The van der Waals surface area contributed by atoms with E-state index in [1.54, 1.807) is 0 Å². The quantitative estimate of drug-likeness (QED) is 0.214. The Morgan fingerprint density at radius 2 is 1.14 bits per heavy atom. The summed E-state index contributed by atoms with van der Waals surface area (Å²) in [6.45, 7) is 0. The van der Waals surface area contributed by atoms with Gasteiger partial charge in [0.15, 0.2) is 5.82 Å². The van der Waals surface area contributed by atoms with E-state index in [0.717, 1.165) is 40.0 Å². The number of rotatable bonds is 4. The maximum Gasteiger partial charge on any atom is 0.238 e. The predicted molar refractivity (Wildman–Crippen MR) is 180 cm³/mol. The van der Waals surface area contributed by atoms with Gasteiger partial charge in [-0.05, 0) is 55.0 Å². The second kappa shape index (κ2) is 9.89. The molecule has 0 saturated heterocycles. The molecule has 0 saturated carbocycles.